The number of amides is 8. The summed E-state index contributed by atoms with van der Waals surface area (Å²) in [6.45, 7) is 6.00. The van der Waals surface area contributed by atoms with Crippen LogP contribution in [-0.2, 0) is 43.2 Å². The Bertz CT molecular complexity index is 1170. The zero-order chi connectivity index (χ0) is 36.4. The fourth-order valence-electron chi connectivity index (χ4n) is 4.00. The molecule has 0 aliphatic heterocycles. The monoisotopic (exact) mass is 689 g/mol. The van der Waals surface area contributed by atoms with Crippen LogP contribution in [0.15, 0.2) is 0 Å². The summed E-state index contributed by atoms with van der Waals surface area (Å²) < 4.78 is 0. The van der Waals surface area contributed by atoms with E-state index < -0.39 is 108 Å². The zero-order valence-electron chi connectivity index (χ0n) is 26.8. The predicted molar refractivity (Wildman–Crippen MR) is 170 cm³/mol. The van der Waals surface area contributed by atoms with Gasteiger partial charge in [0.15, 0.2) is 0 Å². The Kier molecular flexibility index (Phi) is 19.3. The van der Waals surface area contributed by atoms with Gasteiger partial charge in [-0.1, -0.05) is 13.8 Å². The Morgan fingerprint density at radius 2 is 1.15 bits per heavy atom. The van der Waals surface area contributed by atoms with Gasteiger partial charge in [-0.25, -0.2) is 0 Å². The molecule has 0 rings (SSSR count). The number of thiol groups is 1. The van der Waals surface area contributed by atoms with Crippen molar-refractivity contribution < 1.29 is 48.3 Å². The van der Waals surface area contributed by atoms with Crippen molar-refractivity contribution in [3.05, 3.63) is 0 Å². The molecule has 13 N–H and O–H groups in total. The minimum absolute atomic E-state index is 0.156. The molecular formula is C27H47N9O10S. The second-order valence-electron chi connectivity index (χ2n) is 11.0. The van der Waals surface area contributed by atoms with Crippen molar-refractivity contribution in [3.63, 3.8) is 0 Å². The van der Waals surface area contributed by atoms with Gasteiger partial charge in [0.1, 0.15) is 36.3 Å². The van der Waals surface area contributed by atoms with Gasteiger partial charge in [0.25, 0.3) is 0 Å². The maximum atomic E-state index is 13.0. The van der Waals surface area contributed by atoms with Crippen LogP contribution in [0.2, 0.25) is 0 Å². The molecular weight excluding hydrogens is 642 g/mol. The van der Waals surface area contributed by atoms with Gasteiger partial charge in [-0.15, -0.1) is 0 Å². The van der Waals surface area contributed by atoms with Gasteiger partial charge in [0.2, 0.25) is 47.3 Å². The van der Waals surface area contributed by atoms with Crippen LogP contribution in [0.25, 0.3) is 0 Å². The Morgan fingerprint density at radius 1 is 0.660 bits per heavy atom. The number of carbonyl (C=O) groups excluding carboxylic acids is 8. The average molecular weight is 690 g/mol. The van der Waals surface area contributed by atoms with Crippen molar-refractivity contribution in [3.8, 4) is 0 Å². The van der Waals surface area contributed by atoms with Gasteiger partial charge in [-0.2, -0.15) is 12.6 Å². The topological polar surface area (TPSA) is 324 Å². The molecule has 0 aliphatic carbocycles. The first kappa shape index (κ1) is 42.5. The molecule has 0 bridgehead atoms. The fraction of sp³-hybridized carbons (Fsp3) is 0.667. The summed E-state index contributed by atoms with van der Waals surface area (Å²) in [7, 11) is 0. The quantitative estimate of drug-likeness (QED) is 0.0380. The fourth-order valence-corrected chi connectivity index (χ4v) is 4.26. The molecule has 8 amide bonds. The molecule has 0 radical (unpaired) electrons. The van der Waals surface area contributed by atoms with Crippen LogP contribution < -0.4 is 49.1 Å². The minimum atomic E-state index is -1.65. The standard InChI is InChI=1S/C27H47N9O10S/c1-12(2)21(32-14(4)37)27(46)35-17(10-20(39)40)25(44)36-18(11-47)26(45)31-13(3)23(42)34-16(9-19(29)38)24(43)33-15(22(30)41)7-5-6-8-28/h12-13,15-18,21,47H,5-11,28H2,1-4H3,(H2,29,38)(H2,30,41)(H,31,45)(H,32,37)(H,33,43)(H,34,42)(H,35,46)(H,36,44)(H,39,40)/t13-,15-,16-,17-,18-,21-/m0/s1. The number of aliphatic carboxylic acids is 1. The van der Waals surface area contributed by atoms with Crippen molar-refractivity contribution in [1.82, 2.24) is 31.9 Å². The van der Waals surface area contributed by atoms with Gasteiger partial charge < -0.3 is 54.2 Å². The van der Waals surface area contributed by atoms with E-state index in [0.29, 0.717) is 19.4 Å². The largest absolute Gasteiger partial charge is 0.481 e. The molecule has 0 aromatic carbocycles. The highest BCUT2D eigenvalue weighted by atomic mass is 32.1. The van der Waals surface area contributed by atoms with E-state index in [1.807, 2.05) is 0 Å². The number of carbonyl (C=O) groups is 9. The number of hydrogen-bond acceptors (Lipinski definition) is 11. The molecule has 0 aliphatic rings. The van der Waals surface area contributed by atoms with Crippen LogP contribution in [-0.4, -0.2) is 107 Å². The maximum Gasteiger partial charge on any atom is 0.305 e. The highest BCUT2D eigenvalue weighted by Gasteiger charge is 2.33. The summed E-state index contributed by atoms with van der Waals surface area (Å²) in [5.74, 6) is -9.26. The molecule has 6 atom stereocenters. The number of primary amides is 2. The Hall–Kier alpha value is -4.46. The molecule has 0 saturated carbocycles. The van der Waals surface area contributed by atoms with Crippen LogP contribution in [0.3, 0.4) is 0 Å². The molecule has 0 heterocycles. The summed E-state index contributed by atoms with van der Waals surface area (Å²) in [6.07, 6.45) is -0.350. The van der Waals surface area contributed by atoms with Gasteiger partial charge >= 0.3 is 5.97 Å². The molecule has 0 aromatic rings. The summed E-state index contributed by atoms with van der Waals surface area (Å²) in [4.78, 5) is 111. The first-order valence-electron chi connectivity index (χ1n) is 14.7. The first-order valence-corrected chi connectivity index (χ1v) is 15.4. The number of carboxylic acid groups (broad SMARTS) is 1. The van der Waals surface area contributed by atoms with Crippen LogP contribution in [0, 0.1) is 5.92 Å². The summed E-state index contributed by atoms with van der Waals surface area (Å²) in [6, 6.07) is -8.18. The minimum Gasteiger partial charge on any atom is -0.481 e. The second-order valence-corrected chi connectivity index (χ2v) is 11.4. The first-order chi connectivity index (χ1) is 21.8. The predicted octanol–water partition coefficient (Wildman–Crippen LogP) is -4.51. The molecule has 0 saturated heterocycles. The number of carboxylic acids is 1. The third kappa shape index (κ3) is 16.6. The Morgan fingerprint density at radius 3 is 1.60 bits per heavy atom. The van der Waals surface area contributed by atoms with Gasteiger partial charge in [0, 0.05) is 12.7 Å². The molecule has 19 nitrogen and oxygen atoms in total. The van der Waals surface area contributed by atoms with Crippen molar-refractivity contribution in [2.45, 2.75) is 96.1 Å². The van der Waals surface area contributed by atoms with E-state index in [1.165, 1.54) is 13.8 Å². The second kappa shape index (κ2) is 21.4. The van der Waals surface area contributed by atoms with Gasteiger partial charge in [-0.05, 0) is 38.6 Å². The summed E-state index contributed by atoms with van der Waals surface area (Å²) in [5, 5.41) is 23.2. The molecule has 0 spiro atoms. The maximum absolute atomic E-state index is 13.0. The molecule has 266 valence electrons. The number of nitrogens with two attached hydrogens (primary N) is 3. The van der Waals surface area contributed by atoms with Crippen molar-refractivity contribution in [1.29, 1.82) is 0 Å². The van der Waals surface area contributed by atoms with E-state index in [-0.39, 0.29) is 12.2 Å². The van der Waals surface area contributed by atoms with Crippen LogP contribution in [0.4, 0.5) is 0 Å². The Labute approximate surface area is 277 Å². The van der Waals surface area contributed by atoms with Crippen molar-refractivity contribution >= 4 is 65.9 Å². The third-order valence-corrected chi connectivity index (χ3v) is 6.90. The number of hydrogen-bond donors (Lipinski definition) is 11. The van der Waals surface area contributed by atoms with E-state index in [9.17, 15) is 48.3 Å². The number of unbranched alkanes of at least 4 members (excludes halogenated alkanes) is 1. The summed E-state index contributed by atoms with van der Waals surface area (Å²) >= 11 is 4.03. The average Bonchev–Trinajstić information content (AvgIpc) is 2.96. The SMILES string of the molecule is CC(=O)N[C@H](C(=O)N[C@@H](CC(=O)O)C(=O)N[C@@H](CS)C(=O)N[C@@H](C)C(=O)N[C@@H](CC(N)=O)C(=O)N[C@@H](CCCCN)C(N)=O)C(C)C. The Balaban J connectivity index is 5.61. The van der Waals surface area contributed by atoms with Crippen LogP contribution in [0.5, 0.6) is 0 Å². The summed E-state index contributed by atoms with van der Waals surface area (Å²) in [5.41, 5.74) is 16.0. The van der Waals surface area contributed by atoms with Gasteiger partial charge in [-0.3, -0.25) is 43.2 Å². The lowest BCUT2D eigenvalue weighted by atomic mass is 10.0. The lowest BCUT2D eigenvalue weighted by Gasteiger charge is -2.26. The zero-order valence-corrected chi connectivity index (χ0v) is 27.7. The van der Waals surface area contributed by atoms with E-state index >= 15 is 0 Å². The van der Waals surface area contributed by atoms with E-state index in [4.69, 9.17) is 17.2 Å². The molecule has 0 fully saturated rings. The highest BCUT2D eigenvalue weighted by molar-refractivity contribution is 7.80. The lowest BCUT2D eigenvalue weighted by Crippen LogP contribution is -2.60. The van der Waals surface area contributed by atoms with E-state index in [2.05, 4.69) is 44.5 Å². The van der Waals surface area contributed by atoms with E-state index in [0.717, 1.165) is 0 Å². The molecule has 47 heavy (non-hydrogen) atoms. The van der Waals surface area contributed by atoms with Crippen molar-refractivity contribution in [2.75, 3.05) is 12.3 Å². The molecule has 0 aromatic heterocycles. The molecule has 20 heteroatoms. The molecule has 0 unspecified atom stereocenters. The number of nitrogens with one attached hydrogen (secondary N) is 6. The van der Waals surface area contributed by atoms with Crippen molar-refractivity contribution in [2.24, 2.45) is 23.1 Å². The van der Waals surface area contributed by atoms with Crippen LogP contribution in [0.1, 0.15) is 59.8 Å². The smallest absolute Gasteiger partial charge is 0.305 e. The lowest BCUT2D eigenvalue weighted by molar-refractivity contribution is -0.141. The third-order valence-electron chi connectivity index (χ3n) is 6.53. The normalized spacial score (nSPS) is 14.6. The highest BCUT2D eigenvalue weighted by Crippen LogP contribution is 2.06. The number of rotatable bonds is 22. The van der Waals surface area contributed by atoms with Gasteiger partial charge in [0.05, 0.1) is 12.8 Å². The van der Waals surface area contributed by atoms with E-state index in [1.54, 1.807) is 13.8 Å². The van der Waals surface area contributed by atoms with Crippen LogP contribution >= 0.6 is 12.6 Å².